The van der Waals surface area contributed by atoms with E-state index in [1.165, 1.54) is 25.7 Å². The maximum Gasteiger partial charge on any atom is 0.237 e. The van der Waals surface area contributed by atoms with E-state index in [4.69, 9.17) is 14.2 Å². The number of benzene rings is 1. The van der Waals surface area contributed by atoms with Crippen LogP contribution in [0.3, 0.4) is 0 Å². The molecule has 1 saturated heterocycles. The minimum atomic E-state index is -0.152. The molecular formula is C20H31ClN2O4. The molecule has 4 unspecified atom stereocenters. The first-order valence-corrected chi connectivity index (χ1v) is 9.43. The van der Waals surface area contributed by atoms with E-state index in [9.17, 15) is 4.79 Å². The fourth-order valence-electron chi connectivity index (χ4n) is 4.27. The van der Waals surface area contributed by atoms with Crippen LogP contribution in [0.1, 0.15) is 50.6 Å². The fraction of sp³-hybridized carbons (Fsp3) is 0.650. The normalized spacial score (nSPS) is 25.0. The van der Waals surface area contributed by atoms with Gasteiger partial charge in [0.15, 0.2) is 11.5 Å². The molecule has 152 valence electrons. The van der Waals surface area contributed by atoms with E-state index in [1.807, 2.05) is 19.1 Å². The zero-order chi connectivity index (χ0) is 18.7. The van der Waals surface area contributed by atoms with Crippen molar-refractivity contribution in [2.45, 2.75) is 57.2 Å². The van der Waals surface area contributed by atoms with Crippen LogP contribution < -0.4 is 24.8 Å². The van der Waals surface area contributed by atoms with Crippen molar-refractivity contribution in [3.05, 3.63) is 17.7 Å². The van der Waals surface area contributed by atoms with Gasteiger partial charge in [0, 0.05) is 6.04 Å². The maximum absolute atomic E-state index is 12.7. The first-order chi connectivity index (χ1) is 12.6. The van der Waals surface area contributed by atoms with E-state index in [2.05, 4.69) is 10.6 Å². The van der Waals surface area contributed by atoms with Crippen molar-refractivity contribution in [1.29, 1.82) is 0 Å². The van der Waals surface area contributed by atoms with Gasteiger partial charge < -0.3 is 24.8 Å². The predicted octanol–water partition coefficient (Wildman–Crippen LogP) is 3.23. The quantitative estimate of drug-likeness (QED) is 0.769. The summed E-state index contributed by atoms with van der Waals surface area (Å²) in [5.41, 5.74) is 0.920. The van der Waals surface area contributed by atoms with Gasteiger partial charge in [-0.15, -0.1) is 12.4 Å². The van der Waals surface area contributed by atoms with Crippen LogP contribution in [-0.4, -0.2) is 39.3 Å². The number of ether oxygens (including phenoxy) is 3. The van der Waals surface area contributed by atoms with Crippen LogP contribution in [0.2, 0.25) is 0 Å². The molecule has 1 amide bonds. The summed E-state index contributed by atoms with van der Waals surface area (Å²) in [7, 11) is 4.76. The van der Waals surface area contributed by atoms with Crippen molar-refractivity contribution in [3.8, 4) is 17.2 Å². The van der Waals surface area contributed by atoms with Crippen LogP contribution in [0.15, 0.2) is 12.1 Å². The molecule has 0 aromatic heterocycles. The standard InChI is InChI=1S/C20H30N2O4.ClH/c1-12(14-10-17(24-2)19(26-4)18(11-14)25-3)21-20(23)16-9-13-7-5-6-8-15(13)22-16;/h10-13,15-16,22H,5-9H2,1-4H3,(H,21,23);1H. The van der Waals surface area contributed by atoms with Gasteiger partial charge in [-0.25, -0.2) is 0 Å². The highest BCUT2D eigenvalue weighted by Crippen LogP contribution is 2.40. The van der Waals surface area contributed by atoms with Gasteiger partial charge in [0.05, 0.1) is 33.4 Å². The summed E-state index contributed by atoms with van der Waals surface area (Å²) < 4.78 is 16.2. The Bertz CT molecular complexity index is 616. The third-order valence-electron chi connectivity index (χ3n) is 5.73. The SMILES string of the molecule is COc1cc(C(C)NC(=O)C2CC3CCCCC3N2)cc(OC)c1OC.Cl. The molecule has 1 aliphatic carbocycles. The average molecular weight is 399 g/mol. The Balaban J connectivity index is 0.00000261. The molecule has 1 heterocycles. The van der Waals surface area contributed by atoms with Crippen LogP contribution in [0.25, 0.3) is 0 Å². The minimum absolute atomic E-state index is 0. The summed E-state index contributed by atoms with van der Waals surface area (Å²) in [6, 6.07) is 4.03. The van der Waals surface area contributed by atoms with E-state index in [0.717, 1.165) is 12.0 Å². The summed E-state index contributed by atoms with van der Waals surface area (Å²) in [6.07, 6.45) is 5.93. The number of hydrogen-bond acceptors (Lipinski definition) is 5. The van der Waals surface area contributed by atoms with E-state index < -0.39 is 0 Å². The number of hydrogen-bond donors (Lipinski definition) is 2. The van der Waals surface area contributed by atoms with Gasteiger partial charge in [-0.05, 0) is 49.8 Å². The Labute approximate surface area is 167 Å². The average Bonchev–Trinajstić information content (AvgIpc) is 3.11. The van der Waals surface area contributed by atoms with Crippen molar-refractivity contribution in [1.82, 2.24) is 10.6 Å². The van der Waals surface area contributed by atoms with Gasteiger partial charge in [0.1, 0.15) is 0 Å². The molecule has 27 heavy (non-hydrogen) atoms. The molecule has 1 saturated carbocycles. The van der Waals surface area contributed by atoms with Gasteiger partial charge >= 0.3 is 0 Å². The highest BCUT2D eigenvalue weighted by molar-refractivity contribution is 5.85. The fourth-order valence-corrected chi connectivity index (χ4v) is 4.27. The number of nitrogens with one attached hydrogen (secondary N) is 2. The lowest BCUT2D eigenvalue weighted by Gasteiger charge is -2.24. The molecule has 6 nitrogen and oxygen atoms in total. The summed E-state index contributed by atoms with van der Waals surface area (Å²) in [6.45, 7) is 1.97. The molecule has 1 aliphatic heterocycles. The van der Waals surface area contributed by atoms with Crippen molar-refractivity contribution in [2.75, 3.05) is 21.3 Å². The van der Waals surface area contributed by atoms with Gasteiger partial charge in [0.2, 0.25) is 11.7 Å². The summed E-state index contributed by atoms with van der Waals surface area (Å²) in [5, 5.41) is 6.67. The second-order valence-electron chi connectivity index (χ2n) is 7.29. The second kappa shape index (κ2) is 9.51. The van der Waals surface area contributed by atoms with E-state index in [-0.39, 0.29) is 30.4 Å². The Morgan fingerprint density at radius 1 is 1.11 bits per heavy atom. The predicted molar refractivity (Wildman–Crippen MR) is 107 cm³/mol. The number of fused-ring (bicyclic) bond motifs is 1. The van der Waals surface area contributed by atoms with Crippen LogP contribution in [-0.2, 0) is 4.79 Å². The van der Waals surface area contributed by atoms with E-state index in [1.54, 1.807) is 21.3 Å². The molecule has 0 radical (unpaired) electrons. The van der Waals surface area contributed by atoms with Gasteiger partial charge in [-0.1, -0.05) is 12.8 Å². The Morgan fingerprint density at radius 3 is 2.30 bits per heavy atom. The van der Waals surface area contributed by atoms with Gasteiger partial charge in [-0.2, -0.15) is 0 Å². The lowest BCUT2D eigenvalue weighted by molar-refractivity contribution is -0.123. The van der Waals surface area contributed by atoms with Crippen molar-refractivity contribution in [2.24, 2.45) is 5.92 Å². The molecule has 3 rings (SSSR count). The van der Waals surface area contributed by atoms with E-state index >= 15 is 0 Å². The number of amides is 1. The zero-order valence-electron chi connectivity index (χ0n) is 16.5. The van der Waals surface area contributed by atoms with Crippen LogP contribution in [0, 0.1) is 5.92 Å². The third-order valence-corrected chi connectivity index (χ3v) is 5.73. The van der Waals surface area contributed by atoms with Gasteiger partial charge in [0.25, 0.3) is 0 Å². The molecule has 1 aromatic carbocycles. The molecule has 1 aromatic rings. The molecule has 0 bridgehead atoms. The minimum Gasteiger partial charge on any atom is -0.493 e. The Kier molecular flexibility index (Phi) is 7.62. The second-order valence-corrected chi connectivity index (χ2v) is 7.29. The number of carbonyl (C=O) groups is 1. The van der Waals surface area contributed by atoms with Crippen LogP contribution in [0.5, 0.6) is 17.2 Å². The van der Waals surface area contributed by atoms with Crippen LogP contribution in [0.4, 0.5) is 0 Å². The first kappa shape index (κ1) is 21.6. The molecule has 4 atom stereocenters. The molecule has 2 aliphatic rings. The largest absolute Gasteiger partial charge is 0.493 e. The topological polar surface area (TPSA) is 68.8 Å². The first-order valence-electron chi connectivity index (χ1n) is 9.43. The molecule has 0 spiro atoms. The number of halogens is 1. The Morgan fingerprint density at radius 2 is 1.74 bits per heavy atom. The van der Waals surface area contributed by atoms with Crippen molar-refractivity contribution < 1.29 is 19.0 Å². The number of methoxy groups -OCH3 is 3. The summed E-state index contributed by atoms with van der Waals surface area (Å²) in [5.74, 6) is 2.45. The molecule has 7 heteroatoms. The molecular weight excluding hydrogens is 368 g/mol. The Hall–Kier alpha value is -1.66. The number of rotatable bonds is 6. The van der Waals surface area contributed by atoms with Gasteiger partial charge in [-0.3, -0.25) is 4.79 Å². The molecule has 2 N–H and O–H groups in total. The lowest BCUT2D eigenvalue weighted by Crippen LogP contribution is -2.43. The highest BCUT2D eigenvalue weighted by Gasteiger charge is 2.38. The number of carbonyl (C=O) groups excluding carboxylic acids is 1. The monoisotopic (exact) mass is 398 g/mol. The lowest BCUT2D eigenvalue weighted by atomic mass is 9.85. The molecule has 2 fully saturated rings. The van der Waals surface area contributed by atoms with Crippen LogP contribution >= 0.6 is 12.4 Å². The third kappa shape index (κ3) is 4.61. The van der Waals surface area contributed by atoms with E-state index in [0.29, 0.717) is 29.2 Å². The van der Waals surface area contributed by atoms with Crippen molar-refractivity contribution in [3.63, 3.8) is 0 Å². The zero-order valence-corrected chi connectivity index (χ0v) is 17.4. The van der Waals surface area contributed by atoms with Crippen molar-refractivity contribution >= 4 is 18.3 Å². The highest BCUT2D eigenvalue weighted by atomic mass is 35.5. The summed E-state index contributed by atoms with van der Waals surface area (Å²) >= 11 is 0. The smallest absolute Gasteiger partial charge is 0.237 e. The summed E-state index contributed by atoms with van der Waals surface area (Å²) in [4.78, 5) is 12.7. The maximum atomic E-state index is 12.7.